The van der Waals surface area contributed by atoms with Crippen LogP contribution in [0, 0.1) is 24.7 Å². The molecule has 0 bridgehead atoms. The highest BCUT2D eigenvalue weighted by Crippen LogP contribution is 2.12. The predicted octanol–water partition coefficient (Wildman–Crippen LogP) is 2.08. The van der Waals surface area contributed by atoms with Gasteiger partial charge in [0.2, 0.25) is 0 Å². The van der Waals surface area contributed by atoms with Crippen LogP contribution in [0.4, 0.5) is 0 Å². The second-order valence-electron chi connectivity index (χ2n) is 5.06. The monoisotopic (exact) mass is 258 g/mol. The third-order valence-corrected chi connectivity index (χ3v) is 3.10. The number of aryl methyl sites for hydroxylation is 1. The van der Waals surface area contributed by atoms with Crippen LogP contribution in [0.25, 0.3) is 0 Å². The Balaban J connectivity index is 3.03. The summed E-state index contributed by atoms with van der Waals surface area (Å²) in [4.78, 5) is 12.3. The van der Waals surface area contributed by atoms with Gasteiger partial charge in [0.15, 0.2) is 0 Å². The molecular weight excluding hydrogens is 236 g/mol. The summed E-state index contributed by atoms with van der Waals surface area (Å²) in [7, 11) is 0. The third-order valence-electron chi connectivity index (χ3n) is 3.10. The van der Waals surface area contributed by atoms with Gasteiger partial charge < -0.3 is 11.1 Å². The van der Waals surface area contributed by atoms with Crippen LogP contribution >= 0.6 is 0 Å². The van der Waals surface area contributed by atoms with Crippen molar-refractivity contribution in [2.45, 2.75) is 33.7 Å². The molecule has 0 aromatic heterocycles. The van der Waals surface area contributed by atoms with Crippen molar-refractivity contribution in [1.82, 2.24) is 5.32 Å². The highest BCUT2D eigenvalue weighted by atomic mass is 16.1. The van der Waals surface area contributed by atoms with Crippen LogP contribution in [-0.4, -0.2) is 18.5 Å². The number of carbonyl (C=O) groups is 1. The van der Waals surface area contributed by atoms with Gasteiger partial charge in [0, 0.05) is 11.6 Å². The Labute approximate surface area is 115 Å². The third kappa shape index (κ3) is 4.42. The fraction of sp³-hybridized carbons (Fsp3) is 0.438. The van der Waals surface area contributed by atoms with Crippen molar-refractivity contribution in [1.29, 1.82) is 0 Å². The maximum absolute atomic E-state index is 12.3. The van der Waals surface area contributed by atoms with E-state index in [1.807, 2.05) is 32.0 Å². The van der Waals surface area contributed by atoms with E-state index in [1.165, 1.54) is 0 Å². The molecule has 1 rings (SSSR count). The van der Waals surface area contributed by atoms with E-state index in [2.05, 4.69) is 31.0 Å². The van der Waals surface area contributed by atoms with Crippen LogP contribution in [0.5, 0.6) is 0 Å². The fourth-order valence-corrected chi connectivity index (χ4v) is 1.55. The first-order valence-corrected chi connectivity index (χ1v) is 6.56. The Morgan fingerprint density at radius 2 is 2.05 bits per heavy atom. The smallest absolute Gasteiger partial charge is 0.252 e. The van der Waals surface area contributed by atoms with Crippen molar-refractivity contribution in [3.63, 3.8) is 0 Å². The minimum absolute atomic E-state index is 0.0776. The molecule has 3 nitrogen and oxygen atoms in total. The van der Waals surface area contributed by atoms with Crippen LogP contribution in [0.2, 0.25) is 0 Å². The molecule has 0 aliphatic carbocycles. The van der Waals surface area contributed by atoms with E-state index in [0.717, 1.165) is 11.1 Å². The zero-order chi connectivity index (χ0) is 14.4. The first-order valence-electron chi connectivity index (χ1n) is 6.56. The number of nitrogens with two attached hydrogens (primary N) is 1. The summed E-state index contributed by atoms with van der Waals surface area (Å²) in [6.07, 6.45) is 0. The molecule has 1 amide bonds. The van der Waals surface area contributed by atoms with Gasteiger partial charge in [-0.2, -0.15) is 0 Å². The van der Waals surface area contributed by atoms with Gasteiger partial charge in [-0.15, -0.1) is 0 Å². The predicted molar refractivity (Wildman–Crippen MR) is 78.9 cm³/mol. The molecule has 0 aliphatic heterocycles. The van der Waals surface area contributed by atoms with Crippen LogP contribution in [-0.2, 0) is 0 Å². The van der Waals surface area contributed by atoms with Gasteiger partial charge in [0.05, 0.1) is 12.1 Å². The van der Waals surface area contributed by atoms with Gasteiger partial charge in [-0.05, 0) is 31.9 Å². The Bertz CT molecular complexity index is 509. The largest absolute Gasteiger partial charge is 0.349 e. The van der Waals surface area contributed by atoms with E-state index in [-0.39, 0.29) is 18.5 Å². The van der Waals surface area contributed by atoms with Gasteiger partial charge in [0.1, 0.15) is 0 Å². The summed E-state index contributed by atoms with van der Waals surface area (Å²) in [5.41, 5.74) is 7.77. The van der Waals surface area contributed by atoms with Crippen LogP contribution in [0.3, 0.4) is 0 Å². The standard InChI is InChI=1S/C16H22N2O/c1-11(2)13(4)18-16(19)15-10-12(3)7-8-14(15)6-5-9-17/h7-8,10-11,13H,9,17H2,1-4H3,(H,18,19). The van der Waals surface area contributed by atoms with E-state index < -0.39 is 0 Å². The molecule has 3 heteroatoms. The van der Waals surface area contributed by atoms with Crippen molar-refractivity contribution >= 4 is 5.91 Å². The molecule has 1 atom stereocenters. The minimum atomic E-state index is -0.0776. The molecule has 0 aliphatic rings. The number of benzene rings is 1. The molecule has 3 N–H and O–H groups in total. The lowest BCUT2D eigenvalue weighted by Gasteiger charge is -2.18. The zero-order valence-corrected chi connectivity index (χ0v) is 12.1. The molecule has 1 aromatic carbocycles. The Hall–Kier alpha value is -1.79. The molecule has 0 heterocycles. The van der Waals surface area contributed by atoms with Crippen LogP contribution in [0.1, 0.15) is 42.3 Å². The summed E-state index contributed by atoms with van der Waals surface area (Å²) < 4.78 is 0. The van der Waals surface area contributed by atoms with E-state index in [9.17, 15) is 4.79 Å². The number of carbonyl (C=O) groups excluding carboxylic acids is 1. The second kappa shape index (κ2) is 6.96. The number of rotatable bonds is 3. The Morgan fingerprint density at radius 1 is 1.37 bits per heavy atom. The van der Waals surface area contributed by atoms with Crippen LogP contribution in [0.15, 0.2) is 18.2 Å². The SMILES string of the molecule is Cc1ccc(C#CCN)c(C(=O)NC(C)C(C)C)c1. The van der Waals surface area contributed by atoms with Crippen molar-refractivity contribution in [2.24, 2.45) is 11.7 Å². The lowest BCUT2D eigenvalue weighted by Crippen LogP contribution is -2.36. The lowest BCUT2D eigenvalue weighted by molar-refractivity contribution is 0.0930. The molecule has 0 saturated heterocycles. The number of hydrogen-bond donors (Lipinski definition) is 2. The Kier molecular flexibility index (Phi) is 5.59. The molecule has 1 unspecified atom stereocenters. The van der Waals surface area contributed by atoms with Gasteiger partial charge in [-0.1, -0.05) is 37.3 Å². The topological polar surface area (TPSA) is 55.1 Å². The Morgan fingerprint density at radius 3 is 2.63 bits per heavy atom. The first-order chi connectivity index (χ1) is 8.95. The van der Waals surface area contributed by atoms with E-state index in [4.69, 9.17) is 5.73 Å². The molecular formula is C16H22N2O. The lowest BCUT2D eigenvalue weighted by atomic mass is 10.0. The first kappa shape index (κ1) is 15.3. The molecule has 0 radical (unpaired) electrons. The number of nitrogens with one attached hydrogen (secondary N) is 1. The van der Waals surface area contributed by atoms with E-state index >= 15 is 0 Å². The van der Waals surface area contributed by atoms with Crippen LogP contribution < -0.4 is 11.1 Å². The summed E-state index contributed by atoms with van der Waals surface area (Å²) in [6.45, 7) is 8.41. The van der Waals surface area contributed by atoms with Gasteiger partial charge in [0.25, 0.3) is 5.91 Å². The van der Waals surface area contributed by atoms with Crippen molar-refractivity contribution in [3.8, 4) is 11.8 Å². The molecule has 0 fully saturated rings. The van der Waals surface area contributed by atoms with Crippen molar-refractivity contribution in [2.75, 3.05) is 6.54 Å². The second-order valence-corrected chi connectivity index (χ2v) is 5.06. The maximum atomic E-state index is 12.3. The highest BCUT2D eigenvalue weighted by molar-refractivity contribution is 5.97. The van der Waals surface area contributed by atoms with Crippen molar-refractivity contribution in [3.05, 3.63) is 34.9 Å². The van der Waals surface area contributed by atoms with E-state index in [1.54, 1.807) is 0 Å². The van der Waals surface area contributed by atoms with Crippen molar-refractivity contribution < 1.29 is 4.79 Å². The summed E-state index contributed by atoms with van der Waals surface area (Å²) in [5.74, 6) is 6.06. The summed E-state index contributed by atoms with van der Waals surface area (Å²) >= 11 is 0. The maximum Gasteiger partial charge on any atom is 0.252 e. The van der Waals surface area contributed by atoms with Gasteiger partial charge in [-0.3, -0.25) is 4.79 Å². The normalized spacial score (nSPS) is 11.7. The molecule has 0 saturated carbocycles. The average Bonchev–Trinajstić information content (AvgIpc) is 2.36. The number of amides is 1. The van der Waals surface area contributed by atoms with E-state index in [0.29, 0.717) is 11.5 Å². The minimum Gasteiger partial charge on any atom is -0.349 e. The molecule has 1 aromatic rings. The number of hydrogen-bond acceptors (Lipinski definition) is 2. The van der Waals surface area contributed by atoms with Gasteiger partial charge >= 0.3 is 0 Å². The average molecular weight is 258 g/mol. The fourth-order valence-electron chi connectivity index (χ4n) is 1.55. The molecule has 102 valence electrons. The summed E-state index contributed by atoms with van der Waals surface area (Å²) in [5, 5.41) is 3.00. The molecule has 19 heavy (non-hydrogen) atoms. The summed E-state index contributed by atoms with van der Waals surface area (Å²) in [6, 6.07) is 5.81. The highest BCUT2D eigenvalue weighted by Gasteiger charge is 2.15. The molecule has 0 spiro atoms. The zero-order valence-electron chi connectivity index (χ0n) is 12.1. The van der Waals surface area contributed by atoms with Gasteiger partial charge in [-0.25, -0.2) is 0 Å². The quantitative estimate of drug-likeness (QED) is 0.816.